The number of rotatable bonds is 7. The molecule has 0 bridgehead atoms. The molecule has 3 heterocycles. The lowest BCUT2D eigenvalue weighted by molar-refractivity contribution is -0.142. The van der Waals surface area contributed by atoms with Crippen LogP contribution < -0.4 is 5.32 Å². The molecule has 2 aromatic heterocycles. The summed E-state index contributed by atoms with van der Waals surface area (Å²) in [6.07, 6.45) is -3.35. The fraction of sp³-hybridized carbons (Fsp3) is 0.464. The van der Waals surface area contributed by atoms with E-state index in [1.165, 1.54) is 10.4 Å². The Morgan fingerprint density at radius 3 is 2.46 bits per heavy atom. The molecular formula is C28H34FN3O4S. The summed E-state index contributed by atoms with van der Waals surface area (Å²) in [6, 6.07) is 7.95. The first-order valence-electron chi connectivity index (χ1n) is 12.5. The van der Waals surface area contributed by atoms with Crippen LogP contribution in [-0.2, 0) is 9.59 Å². The Kier molecular flexibility index (Phi) is 7.85. The number of likely N-dealkylation sites (tertiary alicyclic amines) is 1. The van der Waals surface area contributed by atoms with Gasteiger partial charge in [-0.3, -0.25) is 9.59 Å². The van der Waals surface area contributed by atoms with E-state index >= 15 is 4.39 Å². The number of halogens is 1. The molecule has 1 fully saturated rings. The van der Waals surface area contributed by atoms with Crippen LogP contribution in [0.1, 0.15) is 60.9 Å². The first-order valence-corrected chi connectivity index (χ1v) is 13.4. The Morgan fingerprint density at radius 1 is 1.16 bits per heavy atom. The predicted octanol–water partition coefficient (Wildman–Crippen LogP) is 4.86. The summed E-state index contributed by atoms with van der Waals surface area (Å²) in [5, 5.41) is 19.1. The number of aryl methyl sites for hydroxylation is 3. The highest BCUT2D eigenvalue weighted by Crippen LogP contribution is 2.34. The van der Waals surface area contributed by atoms with Gasteiger partial charge in [0.15, 0.2) is 6.17 Å². The van der Waals surface area contributed by atoms with E-state index < -0.39 is 42.1 Å². The van der Waals surface area contributed by atoms with E-state index in [-0.39, 0.29) is 12.5 Å². The van der Waals surface area contributed by atoms with Gasteiger partial charge in [-0.05, 0) is 67.3 Å². The van der Waals surface area contributed by atoms with Gasteiger partial charge >= 0.3 is 0 Å². The van der Waals surface area contributed by atoms with Crippen LogP contribution in [-0.4, -0.2) is 51.8 Å². The molecule has 0 saturated carbocycles. The number of aliphatic hydroxyl groups is 1. The highest BCUT2D eigenvalue weighted by atomic mass is 32.1. The van der Waals surface area contributed by atoms with E-state index in [4.69, 9.17) is 4.52 Å². The van der Waals surface area contributed by atoms with Gasteiger partial charge in [0.05, 0.1) is 18.3 Å². The summed E-state index contributed by atoms with van der Waals surface area (Å²) in [4.78, 5) is 29.3. The van der Waals surface area contributed by atoms with Gasteiger partial charge in [0, 0.05) is 10.9 Å². The van der Waals surface area contributed by atoms with Crippen molar-refractivity contribution in [2.24, 2.45) is 5.92 Å². The number of aromatic nitrogens is 1. The van der Waals surface area contributed by atoms with Gasteiger partial charge in [-0.2, -0.15) is 0 Å². The van der Waals surface area contributed by atoms with E-state index in [0.29, 0.717) is 11.5 Å². The van der Waals surface area contributed by atoms with Crippen LogP contribution in [0.2, 0.25) is 0 Å². The summed E-state index contributed by atoms with van der Waals surface area (Å²) in [5.74, 6) is -1.68. The van der Waals surface area contributed by atoms with Crippen molar-refractivity contribution in [3.05, 3.63) is 63.9 Å². The van der Waals surface area contributed by atoms with Crippen LogP contribution in [0.4, 0.5) is 4.39 Å². The Morgan fingerprint density at radius 2 is 1.89 bits per heavy atom. The molecular weight excluding hydrogens is 493 g/mol. The van der Waals surface area contributed by atoms with Crippen LogP contribution in [0.25, 0.3) is 10.4 Å². The normalized spacial score (nSPS) is 21.3. The molecule has 5 atom stereocenters. The summed E-state index contributed by atoms with van der Waals surface area (Å²) in [6.45, 7) is 11.1. The van der Waals surface area contributed by atoms with Crippen LogP contribution >= 0.6 is 11.3 Å². The van der Waals surface area contributed by atoms with E-state index in [0.717, 1.165) is 21.6 Å². The number of carbonyl (C=O) groups excluding carboxylic acids is 2. The average molecular weight is 528 g/mol. The van der Waals surface area contributed by atoms with E-state index in [1.54, 1.807) is 24.3 Å². The Balaban J connectivity index is 1.54. The Hall–Kier alpha value is -3.04. The number of alkyl halides is 1. The molecule has 4 rings (SSSR count). The molecule has 1 aliphatic heterocycles. The zero-order valence-corrected chi connectivity index (χ0v) is 22.8. The maximum absolute atomic E-state index is 15.2. The van der Waals surface area contributed by atoms with Crippen LogP contribution in [0.15, 0.2) is 40.2 Å². The lowest BCUT2D eigenvalue weighted by Crippen LogP contribution is -2.51. The highest BCUT2D eigenvalue weighted by Gasteiger charge is 2.50. The molecule has 1 saturated heterocycles. The van der Waals surface area contributed by atoms with Gasteiger partial charge in [-0.15, -0.1) is 11.3 Å². The van der Waals surface area contributed by atoms with Gasteiger partial charge in [0.1, 0.15) is 23.8 Å². The molecule has 0 unspecified atom stereocenters. The molecule has 3 aromatic rings. The Bertz CT molecular complexity index is 1290. The zero-order chi connectivity index (χ0) is 27.0. The van der Waals surface area contributed by atoms with Gasteiger partial charge < -0.3 is 19.8 Å². The first-order chi connectivity index (χ1) is 17.5. The van der Waals surface area contributed by atoms with Crippen molar-refractivity contribution >= 4 is 23.2 Å². The number of nitrogens with zero attached hydrogens (tertiary/aromatic N) is 2. The van der Waals surface area contributed by atoms with Gasteiger partial charge in [0.2, 0.25) is 11.8 Å². The van der Waals surface area contributed by atoms with Crippen molar-refractivity contribution in [1.82, 2.24) is 15.4 Å². The van der Waals surface area contributed by atoms with E-state index in [1.807, 2.05) is 39.8 Å². The molecule has 7 nitrogen and oxygen atoms in total. The highest BCUT2D eigenvalue weighted by molar-refractivity contribution is 7.13. The third-order valence-electron chi connectivity index (χ3n) is 7.05. The fourth-order valence-electron chi connectivity index (χ4n) is 5.10. The zero-order valence-electron chi connectivity index (χ0n) is 22.0. The van der Waals surface area contributed by atoms with E-state index in [2.05, 4.69) is 34.9 Å². The third-order valence-corrected chi connectivity index (χ3v) is 8.11. The van der Waals surface area contributed by atoms with Crippen LogP contribution in [0, 0.1) is 26.7 Å². The largest absolute Gasteiger partial charge is 0.388 e. The Labute approximate surface area is 220 Å². The minimum atomic E-state index is -1.90. The smallest absolute Gasteiger partial charge is 0.246 e. The molecule has 1 aliphatic rings. The predicted molar refractivity (Wildman–Crippen MR) is 141 cm³/mol. The molecule has 9 heteroatoms. The molecule has 0 aliphatic carbocycles. The van der Waals surface area contributed by atoms with Gasteiger partial charge in [-0.1, -0.05) is 37.2 Å². The summed E-state index contributed by atoms with van der Waals surface area (Å²) >= 11 is 1.68. The minimum Gasteiger partial charge on any atom is -0.388 e. The molecule has 2 N–H and O–H groups in total. The second-order valence-electron chi connectivity index (χ2n) is 10.3. The number of carbonyl (C=O) groups is 2. The maximum Gasteiger partial charge on any atom is 0.246 e. The van der Waals surface area contributed by atoms with Crippen molar-refractivity contribution in [1.29, 1.82) is 0 Å². The average Bonchev–Trinajstić information content (AvgIpc) is 3.52. The molecule has 198 valence electrons. The quantitative estimate of drug-likeness (QED) is 0.458. The molecule has 37 heavy (non-hydrogen) atoms. The van der Waals surface area contributed by atoms with Crippen molar-refractivity contribution in [3.63, 3.8) is 0 Å². The second-order valence-corrected chi connectivity index (χ2v) is 11.2. The summed E-state index contributed by atoms with van der Waals surface area (Å²) < 4.78 is 20.5. The second kappa shape index (κ2) is 10.8. The number of nitrogens with one attached hydrogen (secondary N) is 1. The topological polar surface area (TPSA) is 95.7 Å². The SMILES string of the molecule is Cc1cc([C@H](C(=O)N2C[C@H](O)[C@H](F)[C@H]2C(=O)N[C@@H](C)c2ccc(-c3sccc3C)cc2C)C(C)C)on1. The first kappa shape index (κ1) is 27.0. The van der Waals surface area contributed by atoms with E-state index in [9.17, 15) is 14.7 Å². The van der Waals surface area contributed by atoms with Gasteiger partial charge in [-0.25, -0.2) is 4.39 Å². The number of hydrogen-bond donors (Lipinski definition) is 2. The lowest BCUT2D eigenvalue weighted by Gasteiger charge is -2.30. The lowest BCUT2D eigenvalue weighted by atomic mass is 9.91. The van der Waals surface area contributed by atoms with Crippen LogP contribution in [0.5, 0.6) is 0 Å². The van der Waals surface area contributed by atoms with Gasteiger partial charge in [0.25, 0.3) is 0 Å². The van der Waals surface area contributed by atoms with Crippen molar-refractivity contribution < 1.29 is 23.6 Å². The molecule has 0 spiro atoms. The summed E-state index contributed by atoms with van der Waals surface area (Å²) in [5.41, 5.74) is 4.83. The number of thiophene rings is 1. The van der Waals surface area contributed by atoms with Crippen molar-refractivity contribution in [2.75, 3.05) is 6.54 Å². The number of hydrogen-bond acceptors (Lipinski definition) is 6. The standard InChI is InChI=1S/C28H34FN3O4S/c1-14(2)23(22-12-17(5)31-36-22)28(35)32-13-21(33)24(29)25(32)27(34)30-18(6)20-8-7-19(11-16(20)4)26-15(3)9-10-37-26/h7-12,14,18,21,23-25,33H,13H2,1-6H3,(H,30,34)/t18-,21-,23+,24-,25-/m0/s1. The third kappa shape index (κ3) is 5.33. The molecule has 1 aromatic carbocycles. The summed E-state index contributed by atoms with van der Waals surface area (Å²) in [7, 11) is 0. The number of amides is 2. The molecule has 0 radical (unpaired) electrons. The number of β-amino-alcohol motifs (C(OH)–C–C–N with tert-alkyl or cyclic N) is 1. The fourth-order valence-corrected chi connectivity index (χ4v) is 6.03. The van der Waals surface area contributed by atoms with Crippen LogP contribution in [0.3, 0.4) is 0 Å². The van der Waals surface area contributed by atoms with Crippen molar-refractivity contribution in [2.45, 2.75) is 71.8 Å². The number of benzene rings is 1. The number of aliphatic hydroxyl groups excluding tert-OH is 1. The van der Waals surface area contributed by atoms with Crippen molar-refractivity contribution in [3.8, 4) is 10.4 Å². The monoisotopic (exact) mass is 527 g/mol. The maximum atomic E-state index is 15.2. The molecule has 2 amide bonds. The minimum absolute atomic E-state index is 0.188.